The van der Waals surface area contributed by atoms with Gasteiger partial charge in [0.15, 0.2) is 0 Å². The van der Waals surface area contributed by atoms with Crippen LogP contribution in [-0.4, -0.2) is 23.0 Å². The van der Waals surface area contributed by atoms with Crippen LogP contribution in [0.25, 0.3) is 10.9 Å². The standard InChI is InChI=1S/C15H17N3O2/c1-16-13(10-4-5-10)9-11-6-7-14(18(19)20)15-12(11)3-2-8-17-15/h2-3,6-8,10,13,16H,4-5,9H2,1H3. The van der Waals surface area contributed by atoms with Crippen LogP contribution in [0.2, 0.25) is 0 Å². The van der Waals surface area contributed by atoms with E-state index in [-0.39, 0.29) is 10.6 Å². The number of hydrogen-bond acceptors (Lipinski definition) is 4. The first-order valence-corrected chi connectivity index (χ1v) is 6.89. The number of pyridine rings is 1. The Morgan fingerprint density at radius 2 is 2.25 bits per heavy atom. The fourth-order valence-corrected chi connectivity index (χ4v) is 2.78. The number of likely N-dealkylation sites (N-methyl/N-ethyl adjacent to an activating group) is 1. The first-order chi connectivity index (χ1) is 9.70. The van der Waals surface area contributed by atoms with Gasteiger partial charge in [0.05, 0.1) is 4.92 Å². The van der Waals surface area contributed by atoms with Crippen molar-refractivity contribution >= 4 is 16.6 Å². The van der Waals surface area contributed by atoms with Crippen molar-refractivity contribution in [2.75, 3.05) is 7.05 Å². The van der Waals surface area contributed by atoms with E-state index in [9.17, 15) is 10.1 Å². The van der Waals surface area contributed by atoms with Crippen molar-refractivity contribution in [2.45, 2.75) is 25.3 Å². The normalized spacial score (nSPS) is 16.2. The summed E-state index contributed by atoms with van der Waals surface area (Å²) in [6.07, 6.45) is 5.04. The molecule has 1 aromatic carbocycles. The molecule has 104 valence electrons. The van der Waals surface area contributed by atoms with Gasteiger partial charge in [0.1, 0.15) is 5.52 Å². The Kier molecular flexibility index (Phi) is 3.36. The Bertz CT molecular complexity index is 653. The smallest absolute Gasteiger partial charge is 0.295 e. The van der Waals surface area contributed by atoms with Gasteiger partial charge in [-0.2, -0.15) is 0 Å². The molecule has 3 rings (SSSR count). The largest absolute Gasteiger partial charge is 0.316 e. The summed E-state index contributed by atoms with van der Waals surface area (Å²) in [6, 6.07) is 7.64. The molecule has 1 atom stereocenters. The molecule has 1 saturated carbocycles. The van der Waals surface area contributed by atoms with Crippen LogP contribution < -0.4 is 5.32 Å². The number of nitro groups is 1. The second-order valence-corrected chi connectivity index (χ2v) is 5.34. The van der Waals surface area contributed by atoms with Gasteiger partial charge in [0.25, 0.3) is 5.69 Å². The zero-order valence-corrected chi connectivity index (χ0v) is 11.4. The van der Waals surface area contributed by atoms with Gasteiger partial charge in [-0.25, -0.2) is 4.98 Å². The number of nitro benzene ring substituents is 1. The van der Waals surface area contributed by atoms with E-state index in [1.807, 2.05) is 25.2 Å². The third-order valence-electron chi connectivity index (χ3n) is 4.04. The maximum absolute atomic E-state index is 11.1. The summed E-state index contributed by atoms with van der Waals surface area (Å²) in [7, 11) is 1.98. The highest BCUT2D eigenvalue weighted by Crippen LogP contribution is 2.35. The van der Waals surface area contributed by atoms with Gasteiger partial charge in [0, 0.05) is 23.7 Å². The van der Waals surface area contributed by atoms with Crippen molar-refractivity contribution in [3.8, 4) is 0 Å². The number of rotatable bonds is 5. The summed E-state index contributed by atoms with van der Waals surface area (Å²) in [5.74, 6) is 0.738. The van der Waals surface area contributed by atoms with E-state index in [1.165, 1.54) is 12.8 Å². The molecule has 2 aromatic rings. The molecule has 0 saturated heterocycles. The summed E-state index contributed by atoms with van der Waals surface area (Å²) in [4.78, 5) is 14.9. The van der Waals surface area contributed by atoms with Gasteiger partial charge < -0.3 is 5.32 Å². The SMILES string of the molecule is CNC(Cc1ccc([N+](=O)[O-])c2ncccc12)C1CC1. The second-order valence-electron chi connectivity index (χ2n) is 5.34. The van der Waals surface area contributed by atoms with Crippen LogP contribution >= 0.6 is 0 Å². The molecular weight excluding hydrogens is 254 g/mol. The maximum Gasteiger partial charge on any atom is 0.295 e. The topological polar surface area (TPSA) is 68.1 Å². The van der Waals surface area contributed by atoms with Crippen LogP contribution in [0.1, 0.15) is 18.4 Å². The number of nitrogens with one attached hydrogen (secondary N) is 1. The van der Waals surface area contributed by atoms with E-state index in [2.05, 4.69) is 10.3 Å². The molecule has 1 heterocycles. The molecule has 20 heavy (non-hydrogen) atoms. The Labute approximate surface area is 117 Å². The first-order valence-electron chi connectivity index (χ1n) is 6.89. The van der Waals surface area contributed by atoms with Gasteiger partial charge >= 0.3 is 0 Å². The maximum atomic E-state index is 11.1. The molecular formula is C15H17N3O2. The monoisotopic (exact) mass is 271 g/mol. The molecule has 1 N–H and O–H groups in total. The Hall–Kier alpha value is -2.01. The van der Waals surface area contributed by atoms with E-state index in [0.29, 0.717) is 11.6 Å². The lowest BCUT2D eigenvalue weighted by molar-refractivity contribution is -0.383. The van der Waals surface area contributed by atoms with Gasteiger partial charge in [-0.15, -0.1) is 0 Å². The average molecular weight is 271 g/mol. The summed E-state index contributed by atoms with van der Waals surface area (Å²) in [5.41, 5.74) is 1.70. The number of benzene rings is 1. The molecule has 0 bridgehead atoms. The Morgan fingerprint density at radius 3 is 2.90 bits per heavy atom. The average Bonchev–Trinajstić information content (AvgIpc) is 3.28. The Morgan fingerprint density at radius 1 is 1.45 bits per heavy atom. The van der Waals surface area contributed by atoms with Crippen molar-refractivity contribution in [3.63, 3.8) is 0 Å². The fraction of sp³-hybridized carbons (Fsp3) is 0.400. The lowest BCUT2D eigenvalue weighted by Gasteiger charge is -2.16. The van der Waals surface area contributed by atoms with Crippen molar-refractivity contribution in [1.29, 1.82) is 0 Å². The zero-order chi connectivity index (χ0) is 14.1. The molecule has 0 amide bonds. The molecule has 0 radical (unpaired) electrons. The molecule has 1 aromatic heterocycles. The van der Waals surface area contributed by atoms with Crippen molar-refractivity contribution in [1.82, 2.24) is 10.3 Å². The van der Waals surface area contributed by atoms with E-state index in [1.54, 1.807) is 12.3 Å². The summed E-state index contributed by atoms with van der Waals surface area (Å²) >= 11 is 0. The number of fused-ring (bicyclic) bond motifs is 1. The Balaban J connectivity index is 2.03. The highest BCUT2D eigenvalue weighted by Gasteiger charge is 2.30. The summed E-state index contributed by atoms with van der Waals surface area (Å²) in [5, 5.41) is 15.3. The van der Waals surface area contributed by atoms with Crippen LogP contribution in [0.15, 0.2) is 30.5 Å². The second kappa shape index (κ2) is 5.17. The molecule has 1 unspecified atom stereocenters. The highest BCUT2D eigenvalue weighted by molar-refractivity contribution is 5.89. The minimum atomic E-state index is -0.366. The van der Waals surface area contributed by atoms with Gasteiger partial charge in [-0.1, -0.05) is 12.1 Å². The molecule has 0 spiro atoms. The van der Waals surface area contributed by atoms with E-state index in [0.717, 1.165) is 23.3 Å². The minimum Gasteiger partial charge on any atom is -0.316 e. The van der Waals surface area contributed by atoms with Gasteiger partial charge in [-0.05, 0) is 43.9 Å². The van der Waals surface area contributed by atoms with Crippen LogP contribution in [0.5, 0.6) is 0 Å². The molecule has 1 aliphatic rings. The van der Waals surface area contributed by atoms with Crippen molar-refractivity contribution in [3.05, 3.63) is 46.1 Å². The van der Waals surface area contributed by atoms with Crippen LogP contribution in [-0.2, 0) is 6.42 Å². The minimum absolute atomic E-state index is 0.0804. The first kappa shape index (κ1) is 13.0. The fourth-order valence-electron chi connectivity index (χ4n) is 2.78. The zero-order valence-electron chi connectivity index (χ0n) is 11.4. The third kappa shape index (κ3) is 2.36. The lowest BCUT2D eigenvalue weighted by atomic mass is 9.98. The summed E-state index contributed by atoms with van der Waals surface area (Å²) < 4.78 is 0. The molecule has 1 fully saturated rings. The quantitative estimate of drug-likeness (QED) is 0.670. The molecule has 1 aliphatic carbocycles. The van der Waals surface area contributed by atoms with Crippen molar-refractivity contribution in [2.24, 2.45) is 5.92 Å². The molecule has 5 nitrogen and oxygen atoms in total. The van der Waals surface area contributed by atoms with Gasteiger partial charge in [0.2, 0.25) is 0 Å². The lowest BCUT2D eigenvalue weighted by Crippen LogP contribution is -2.29. The predicted molar refractivity (Wildman–Crippen MR) is 77.7 cm³/mol. The molecule has 0 aliphatic heterocycles. The third-order valence-corrected chi connectivity index (χ3v) is 4.04. The van der Waals surface area contributed by atoms with Gasteiger partial charge in [-0.3, -0.25) is 10.1 Å². The number of aromatic nitrogens is 1. The van der Waals surface area contributed by atoms with E-state index >= 15 is 0 Å². The van der Waals surface area contributed by atoms with Crippen molar-refractivity contribution < 1.29 is 4.92 Å². The molecule has 5 heteroatoms. The highest BCUT2D eigenvalue weighted by atomic mass is 16.6. The van der Waals surface area contributed by atoms with E-state index in [4.69, 9.17) is 0 Å². The predicted octanol–water partition coefficient (Wildman–Crippen LogP) is 2.68. The van der Waals surface area contributed by atoms with Crippen LogP contribution in [0, 0.1) is 16.0 Å². The number of non-ortho nitro benzene ring substituents is 1. The van der Waals surface area contributed by atoms with E-state index < -0.39 is 0 Å². The van der Waals surface area contributed by atoms with Crippen LogP contribution in [0.3, 0.4) is 0 Å². The number of nitrogens with zero attached hydrogens (tertiary/aromatic N) is 2. The van der Waals surface area contributed by atoms with Crippen LogP contribution in [0.4, 0.5) is 5.69 Å². The summed E-state index contributed by atoms with van der Waals surface area (Å²) in [6.45, 7) is 0. The number of hydrogen-bond donors (Lipinski definition) is 1.